The molecular formula is C22H23NO6. The number of rotatable bonds is 4. The van der Waals surface area contributed by atoms with Crippen molar-refractivity contribution in [3.63, 3.8) is 0 Å². The number of aliphatic hydroxyl groups excluding tert-OH is 2. The molecule has 1 saturated carbocycles. The molecule has 152 valence electrons. The van der Waals surface area contributed by atoms with Gasteiger partial charge in [-0.2, -0.15) is 0 Å². The number of ether oxygens (including phenoxy) is 1. The van der Waals surface area contributed by atoms with Crippen molar-refractivity contribution in [2.45, 2.75) is 37.0 Å². The van der Waals surface area contributed by atoms with Gasteiger partial charge in [0, 0.05) is 12.0 Å². The highest BCUT2D eigenvalue weighted by atomic mass is 16.5. The second-order valence-corrected chi connectivity index (χ2v) is 7.63. The lowest BCUT2D eigenvalue weighted by Crippen LogP contribution is -2.52. The van der Waals surface area contributed by atoms with Crippen molar-refractivity contribution in [1.82, 2.24) is 5.32 Å². The number of aliphatic carboxylic acids is 1. The van der Waals surface area contributed by atoms with Crippen LogP contribution in [0.1, 0.15) is 29.9 Å². The monoisotopic (exact) mass is 397 g/mol. The van der Waals surface area contributed by atoms with Gasteiger partial charge in [-0.1, -0.05) is 48.5 Å². The molecule has 7 nitrogen and oxygen atoms in total. The lowest BCUT2D eigenvalue weighted by Gasteiger charge is -2.35. The van der Waals surface area contributed by atoms with Gasteiger partial charge >= 0.3 is 12.1 Å². The fraction of sp³-hybridized carbons (Fsp3) is 0.364. The van der Waals surface area contributed by atoms with Crippen LogP contribution in [0.3, 0.4) is 0 Å². The summed E-state index contributed by atoms with van der Waals surface area (Å²) in [4.78, 5) is 23.8. The van der Waals surface area contributed by atoms with Crippen molar-refractivity contribution in [1.29, 1.82) is 0 Å². The number of fused-ring (bicyclic) bond motifs is 3. The zero-order valence-corrected chi connectivity index (χ0v) is 15.7. The van der Waals surface area contributed by atoms with Gasteiger partial charge in [0.2, 0.25) is 0 Å². The molecule has 2 aromatic carbocycles. The molecule has 2 aliphatic carbocycles. The van der Waals surface area contributed by atoms with Crippen LogP contribution < -0.4 is 5.32 Å². The SMILES string of the molecule is O=C(N[C@H]1C[C@H](O)[C@H](O)C[C@H]1C(=O)O)OCC1c2ccccc2-c2ccccc21. The first kappa shape index (κ1) is 19.4. The molecule has 4 N–H and O–H groups in total. The Kier molecular flexibility index (Phi) is 5.25. The number of alkyl carbamates (subject to hydrolysis) is 1. The third-order valence-corrected chi connectivity index (χ3v) is 5.88. The van der Waals surface area contributed by atoms with Gasteiger partial charge < -0.3 is 25.4 Å². The predicted octanol–water partition coefficient (Wildman–Crippen LogP) is 2.11. The maximum absolute atomic E-state index is 12.4. The lowest BCUT2D eigenvalue weighted by molar-refractivity contribution is -0.147. The first-order valence-corrected chi connectivity index (χ1v) is 9.66. The molecule has 0 radical (unpaired) electrons. The lowest BCUT2D eigenvalue weighted by atomic mass is 9.81. The fourth-order valence-electron chi connectivity index (χ4n) is 4.39. The molecule has 29 heavy (non-hydrogen) atoms. The average Bonchev–Trinajstić information content (AvgIpc) is 3.03. The first-order chi connectivity index (χ1) is 14.0. The Labute approximate surface area is 167 Å². The summed E-state index contributed by atoms with van der Waals surface area (Å²) in [7, 11) is 0. The van der Waals surface area contributed by atoms with E-state index in [9.17, 15) is 24.9 Å². The molecule has 0 aliphatic heterocycles. The summed E-state index contributed by atoms with van der Waals surface area (Å²) in [6.45, 7) is 0.121. The van der Waals surface area contributed by atoms with Crippen molar-refractivity contribution in [2.24, 2.45) is 5.92 Å². The van der Waals surface area contributed by atoms with E-state index in [1.54, 1.807) is 0 Å². The molecule has 2 aliphatic rings. The number of benzene rings is 2. The van der Waals surface area contributed by atoms with Gasteiger partial charge in [-0.05, 0) is 35.1 Å². The number of nitrogens with one attached hydrogen (secondary N) is 1. The van der Waals surface area contributed by atoms with E-state index in [-0.39, 0.29) is 25.4 Å². The fourth-order valence-corrected chi connectivity index (χ4v) is 4.39. The second-order valence-electron chi connectivity index (χ2n) is 7.63. The Hall–Kier alpha value is -2.90. The minimum absolute atomic E-state index is 0.0394. The van der Waals surface area contributed by atoms with Gasteiger partial charge in [0.15, 0.2) is 0 Å². The van der Waals surface area contributed by atoms with Gasteiger partial charge in [0.1, 0.15) is 6.61 Å². The molecule has 1 fully saturated rings. The maximum Gasteiger partial charge on any atom is 0.407 e. The molecule has 0 aromatic heterocycles. The summed E-state index contributed by atoms with van der Waals surface area (Å²) in [5.41, 5.74) is 4.40. The van der Waals surface area contributed by atoms with Crippen LogP contribution in [0.15, 0.2) is 48.5 Å². The van der Waals surface area contributed by atoms with Crippen molar-refractivity contribution < 1.29 is 29.6 Å². The third kappa shape index (κ3) is 3.71. The van der Waals surface area contributed by atoms with Crippen molar-refractivity contribution >= 4 is 12.1 Å². The number of carboxylic acids is 1. The number of carboxylic acid groups (broad SMARTS) is 1. The van der Waals surface area contributed by atoms with E-state index < -0.39 is 36.2 Å². The van der Waals surface area contributed by atoms with Crippen molar-refractivity contribution in [3.05, 3.63) is 59.7 Å². The molecule has 0 heterocycles. The van der Waals surface area contributed by atoms with Gasteiger partial charge in [-0.25, -0.2) is 4.79 Å². The molecule has 0 spiro atoms. The second kappa shape index (κ2) is 7.85. The Morgan fingerprint density at radius 1 is 0.931 bits per heavy atom. The van der Waals surface area contributed by atoms with Crippen LogP contribution in [0, 0.1) is 5.92 Å². The first-order valence-electron chi connectivity index (χ1n) is 9.66. The summed E-state index contributed by atoms with van der Waals surface area (Å²) in [6.07, 6.45) is -3.08. The van der Waals surface area contributed by atoms with Crippen molar-refractivity contribution in [3.8, 4) is 11.1 Å². The molecule has 2 aromatic rings. The summed E-state index contributed by atoms with van der Waals surface area (Å²) >= 11 is 0. The smallest absolute Gasteiger partial charge is 0.407 e. The Balaban J connectivity index is 1.44. The van der Waals surface area contributed by atoms with Crippen LogP contribution in [-0.2, 0) is 9.53 Å². The van der Waals surface area contributed by atoms with E-state index in [0.29, 0.717) is 0 Å². The number of hydrogen-bond acceptors (Lipinski definition) is 5. The van der Waals surface area contributed by atoms with Crippen LogP contribution >= 0.6 is 0 Å². The van der Waals surface area contributed by atoms with E-state index in [1.165, 1.54) is 0 Å². The number of carbonyl (C=O) groups is 2. The topological polar surface area (TPSA) is 116 Å². The maximum atomic E-state index is 12.4. The van der Waals surface area contributed by atoms with E-state index in [2.05, 4.69) is 5.32 Å². The molecule has 4 atom stereocenters. The summed E-state index contributed by atoms with van der Waals surface area (Å²) < 4.78 is 5.45. The Bertz CT molecular complexity index is 884. The summed E-state index contributed by atoms with van der Waals surface area (Å²) in [6, 6.07) is 15.2. The number of amides is 1. The zero-order valence-electron chi connectivity index (χ0n) is 15.7. The molecule has 0 bridgehead atoms. The number of hydrogen-bond donors (Lipinski definition) is 4. The molecule has 0 saturated heterocycles. The Morgan fingerprint density at radius 2 is 1.48 bits per heavy atom. The van der Waals surface area contributed by atoms with Gasteiger partial charge in [0.25, 0.3) is 0 Å². The average molecular weight is 397 g/mol. The normalized spacial score (nSPS) is 25.7. The molecule has 7 heteroatoms. The zero-order chi connectivity index (χ0) is 20.5. The molecule has 4 rings (SSSR count). The van der Waals surface area contributed by atoms with E-state index in [0.717, 1.165) is 22.3 Å². The molecular weight excluding hydrogens is 374 g/mol. The van der Waals surface area contributed by atoms with E-state index in [4.69, 9.17) is 4.74 Å². The van der Waals surface area contributed by atoms with E-state index in [1.807, 2.05) is 48.5 Å². The quantitative estimate of drug-likeness (QED) is 0.628. The Morgan fingerprint density at radius 3 is 2.07 bits per heavy atom. The number of carbonyl (C=O) groups excluding carboxylic acids is 1. The largest absolute Gasteiger partial charge is 0.481 e. The highest BCUT2D eigenvalue weighted by Crippen LogP contribution is 2.44. The standard InChI is InChI=1S/C22H23NO6/c24-19-9-16(21(26)27)18(10-20(19)25)23-22(28)29-11-17-14-7-3-1-5-12(14)13-6-2-4-8-15(13)17/h1-8,16-20,24-25H,9-11H2,(H,23,28)(H,26,27)/t16-,18+,19-,20+/m1/s1. The molecule has 0 unspecified atom stereocenters. The van der Waals surface area contributed by atoms with E-state index >= 15 is 0 Å². The third-order valence-electron chi connectivity index (χ3n) is 5.88. The van der Waals surface area contributed by atoms with Gasteiger partial charge in [0.05, 0.1) is 18.1 Å². The molecule has 1 amide bonds. The predicted molar refractivity (Wildman–Crippen MR) is 104 cm³/mol. The van der Waals surface area contributed by atoms with Gasteiger partial charge in [-0.15, -0.1) is 0 Å². The van der Waals surface area contributed by atoms with Crippen LogP contribution in [0.4, 0.5) is 4.79 Å². The summed E-state index contributed by atoms with van der Waals surface area (Å²) in [5, 5.41) is 31.5. The van der Waals surface area contributed by atoms with Crippen LogP contribution in [0.25, 0.3) is 11.1 Å². The minimum atomic E-state index is -1.13. The van der Waals surface area contributed by atoms with Gasteiger partial charge in [-0.3, -0.25) is 4.79 Å². The van der Waals surface area contributed by atoms with Crippen LogP contribution in [-0.4, -0.2) is 52.2 Å². The summed E-state index contributed by atoms with van der Waals surface area (Å²) in [5.74, 6) is -2.20. The van der Waals surface area contributed by atoms with Crippen molar-refractivity contribution in [2.75, 3.05) is 6.61 Å². The van der Waals surface area contributed by atoms with Crippen LogP contribution in [0.5, 0.6) is 0 Å². The minimum Gasteiger partial charge on any atom is -0.481 e. The highest BCUT2D eigenvalue weighted by Gasteiger charge is 2.40. The highest BCUT2D eigenvalue weighted by molar-refractivity contribution is 5.79. The number of aliphatic hydroxyl groups is 2. The van der Waals surface area contributed by atoms with Crippen LogP contribution in [0.2, 0.25) is 0 Å².